The second-order valence-electron chi connectivity index (χ2n) is 4.93. The summed E-state index contributed by atoms with van der Waals surface area (Å²) in [6.07, 6.45) is 0.690. The molecule has 0 bridgehead atoms. The molecule has 1 N–H and O–H groups in total. The van der Waals surface area contributed by atoms with E-state index in [0.717, 1.165) is 23.1 Å². The van der Waals surface area contributed by atoms with Gasteiger partial charge in [-0.15, -0.1) is 0 Å². The zero-order chi connectivity index (χ0) is 13.8. The first-order valence-electron chi connectivity index (χ1n) is 6.87. The van der Waals surface area contributed by atoms with Gasteiger partial charge >= 0.3 is 0 Å². The van der Waals surface area contributed by atoms with Crippen molar-refractivity contribution in [2.45, 2.75) is 19.3 Å². The van der Waals surface area contributed by atoms with Gasteiger partial charge in [-0.2, -0.15) is 0 Å². The molecule has 0 aliphatic carbocycles. The smallest absolute Gasteiger partial charge is 0.161 e. The zero-order valence-electron chi connectivity index (χ0n) is 11.3. The number of benzene rings is 2. The highest BCUT2D eigenvalue weighted by molar-refractivity contribution is 5.64. The van der Waals surface area contributed by atoms with E-state index in [1.165, 1.54) is 5.56 Å². The number of hydrogen-bond acceptors (Lipinski definition) is 3. The maximum atomic E-state index is 9.18. The number of aliphatic hydroxyl groups is 1. The first-order valence-corrected chi connectivity index (χ1v) is 6.87. The lowest BCUT2D eigenvalue weighted by atomic mass is 10.0. The van der Waals surface area contributed by atoms with Gasteiger partial charge in [-0.05, 0) is 28.3 Å². The molecule has 1 saturated heterocycles. The monoisotopic (exact) mass is 270 g/mol. The summed E-state index contributed by atoms with van der Waals surface area (Å²) >= 11 is 0. The molecular formula is C17H18O3. The van der Waals surface area contributed by atoms with E-state index < -0.39 is 0 Å². The Morgan fingerprint density at radius 3 is 2.35 bits per heavy atom. The molecule has 0 spiro atoms. The molecule has 2 aromatic rings. The van der Waals surface area contributed by atoms with E-state index in [2.05, 4.69) is 30.3 Å². The van der Waals surface area contributed by atoms with Gasteiger partial charge in [-0.1, -0.05) is 42.5 Å². The summed E-state index contributed by atoms with van der Waals surface area (Å²) in [6.45, 7) is 1.45. The highest BCUT2D eigenvalue weighted by atomic mass is 16.7. The minimum atomic E-state index is -0.0985. The number of aliphatic hydroxyl groups excluding tert-OH is 1. The van der Waals surface area contributed by atoms with Gasteiger partial charge in [0.25, 0.3) is 0 Å². The van der Waals surface area contributed by atoms with Crippen LogP contribution in [0.25, 0.3) is 11.1 Å². The molecule has 20 heavy (non-hydrogen) atoms. The summed E-state index contributed by atoms with van der Waals surface area (Å²) in [5, 5.41) is 9.18. The van der Waals surface area contributed by atoms with Crippen LogP contribution in [0.4, 0.5) is 0 Å². The van der Waals surface area contributed by atoms with Crippen LogP contribution in [0.2, 0.25) is 0 Å². The number of ether oxygens (including phenoxy) is 2. The van der Waals surface area contributed by atoms with E-state index in [0.29, 0.717) is 13.2 Å². The van der Waals surface area contributed by atoms with Crippen molar-refractivity contribution in [3.8, 4) is 11.1 Å². The first kappa shape index (κ1) is 13.3. The SMILES string of the molecule is OCc1cccc(-c2ccc(CC3OCCO3)cc2)c1. The van der Waals surface area contributed by atoms with E-state index in [1.54, 1.807) is 0 Å². The summed E-state index contributed by atoms with van der Waals surface area (Å²) in [6, 6.07) is 16.4. The maximum absolute atomic E-state index is 9.18. The van der Waals surface area contributed by atoms with Gasteiger partial charge < -0.3 is 14.6 Å². The van der Waals surface area contributed by atoms with Crippen LogP contribution >= 0.6 is 0 Å². The second kappa shape index (κ2) is 6.18. The predicted molar refractivity (Wildman–Crippen MR) is 77.2 cm³/mol. The molecule has 2 aromatic carbocycles. The van der Waals surface area contributed by atoms with Gasteiger partial charge in [0, 0.05) is 6.42 Å². The molecule has 1 fully saturated rings. The molecule has 3 heteroatoms. The van der Waals surface area contributed by atoms with Gasteiger partial charge in [0.05, 0.1) is 19.8 Å². The predicted octanol–water partition coefficient (Wildman–Crippen LogP) is 2.76. The van der Waals surface area contributed by atoms with E-state index in [4.69, 9.17) is 9.47 Å². The molecule has 0 amide bonds. The van der Waals surface area contributed by atoms with Crippen molar-refractivity contribution in [2.24, 2.45) is 0 Å². The Kier molecular flexibility index (Phi) is 4.11. The molecule has 0 radical (unpaired) electrons. The molecule has 104 valence electrons. The Morgan fingerprint density at radius 2 is 1.65 bits per heavy atom. The maximum Gasteiger partial charge on any atom is 0.161 e. The fourth-order valence-electron chi connectivity index (χ4n) is 2.40. The highest BCUT2D eigenvalue weighted by Crippen LogP contribution is 2.22. The molecular weight excluding hydrogens is 252 g/mol. The lowest BCUT2D eigenvalue weighted by Crippen LogP contribution is -2.10. The fourth-order valence-corrected chi connectivity index (χ4v) is 2.40. The van der Waals surface area contributed by atoms with Crippen LogP contribution in [0.3, 0.4) is 0 Å². The molecule has 3 nitrogen and oxygen atoms in total. The quantitative estimate of drug-likeness (QED) is 0.928. The van der Waals surface area contributed by atoms with Gasteiger partial charge in [0.1, 0.15) is 0 Å². The zero-order valence-corrected chi connectivity index (χ0v) is 11.3. The average Bonchev–Trinajstić information content (AvgIpc) is 3.01. The van der Waals surface area contributed by atoms with Crippen LogP contribution in [0.5, 0.6) is 0 Å². The Morgan fingerprint density at radius 1 is 0.900 bits per heavy atom. The lowest BCUT2D eigenvalue weighted by Gasteiger charge is -2.10. The van der Waals surface area contributed by atoms with Crippen LogP contribution < -0.4 is 0 Å². The van der Waals surface area contributed by atoms with E-state index in [-0.39, 0.29) is 12.9 Å². The molecule has 0 atom stereocenters. The van der Waals surface area contributed by atoms with Crippen LogP contribution in [0, 0.1) is 0 Å². The second-order valence-corrected chi connectivity index (χ2v) is 4.93. The Hall–Kier alpha value is -1.68. The Labute approximate surface area is 118 Å². The molecule has 0 saturated carbocycles. The summed E-state index contributed by atoms with van der Waals surface area (Å²) in [4.78, 5) is 0. The molecule has 0 aromatic heterocycles. The summed E-state index contributed by atoms with van der Waals surface area (Å²) < 4.78 is 10.9. The third-order valence-electron chi connectivity index (χ3n) is 3.49. The first-order chi connectivity index (χ1) is 9.85. The average molecular weight is 270 g/mol. The number of hydrogen-bond donors (Lipinski definition) is 1. The Balaban J connectivity index is 1.74. The summed E-state index contributed by atoms with van der Waals surface area (Å²) in [5.74, 6) is 0. The molecule has 0 unspecified atom stereocenters. The van der Waals surface area contributed by atoms with Gasteiger partial charge in [-0.3, -0.25) is 0 Å². The largest absolute Gasteiger partial charge is 0.392 e. The highest BCUT2D eigenvalue weighted by Gasteiger charge is 2.16. The summed E-state index contributed by atoms with van der Waals surface area (Å²) in [7, 11) is 0. The van der Waals surface area contributed by atoms with E-state index >= 15 is 0 Å². The van der Waals surface area contributed by atoms with Crippen molar-refractivity contribution in [2.75, 3.05) is 13.2 Å². The third kappa shape index (κ3) is 3.07. The van der Waals surface area contributed by atoms with Crippen molar-refractivity contribution in [3.63, 3.8) is 0 Å². The molecule has 1 heterocycles. The van der Waals surface area contributed by atoms with Gasteiger partial charge in [-0.25, -0.2) is 0 Å². The third-order valence-corrected chi connectivity index (χ3v) is 3.49. The van der Waals surface area contributed by atoms with E-state index in [9.17, 15) is 5.11 Å². The summed E-state index contributed by atoms with van der Waals surface area (Å²) in [5.41, 5.74) is 4.41. The van der Waals surface area contributed by atoms with Crippen molar-refractivity contribution < 1.29 is 14.6 Å². The van der Waals surface area contributed by atoms with Gasteiger partial charge in [0.15, 0.2) is 6.29 Å². The van der Waals surface area contributed by atoms with Crippen molar-refractivity contribution in [3.05, 3.63) is 59.7 Å². The Bertz CT molecular complexity index is 557. The fraction of sp³-hybridized carbons (Fsp3) is 0.294. The molecule has 1 aliphatic heterocycles. The molecule has 1 aliphatic rings. The minimum absolute atomic E-state index is 0.0717. The van der Waals surface area contributed by atoms with Crippen molar-refractivity contribution >= 4 is 0 Å². The normalized spacial score (nSPS) is 15.7. The van der Waals surface area contributed by atoms with Crippen molar-refractivity contribution in [1.29, 1.82) is 0 Å². The minimum Gasteiger partial charge on any atom is -0.392 e. The van der Waals surface area contributed by atoms with Crippen LogP contribution in [0.1, 0.15) is 11.1 Å². The van der Waals surface area contributed by atoms with Crippen LogP contribution in [-0.4, -0.2) is 24.6 Å². The van der Waals surface area contributed by atoms with Crippen LogP contribution in [-0.2, 0) is 22.5 Å². The topological polar surface area (TPSA) is 38.7 Å². The lowest BCUT2D eigenvalue weighted by molar-refractivity contribution is -0.0399. The standard InChI is InChI=1S/C17H18O3/c18-12-14-2-1-3-16(10-14)15-6-4-13(5-7-15)11-17-19-8-9-20-17/h1-7,10,17-18H,8-9,11-12H2. The number of rotatable bonds is 4. The van der Waals surface area contributed by atoms with Gasteiger partial charge in [0.2, 0.25) is 0 Å². The molecule has 3 rings (SSSR count). The van der Waals surface area contributed by atoms with E-state index in [1.807, 2.05) is 18.2 Å². The van der Waals surface area contributed by atoms with Crippen LogP contribution in [0.15, 0.2) is 48.5 Å². The van der Waals surface area contributed by atoms with Crippen molar-refractivity contribution in [1.82, 2.24) is 0 Å².